The number of sulfonamides is 1. The molecule has 144 valence electrons. The van der Waals surface area contributed by atoms with E-state index in [9.17, 15) is 17.6 Å². The van der Waals surface area contributed by atoms with Crippen molar-refractivity contribution in [1.82, 2.24) is 9.21 Å². The van der Waals surface area contributed by atoms with Crippen molar-refractivity contribution in [3.8, 4) is 0 Å². The minimum atomic E-state index is -3.64. The molecule has 2 aliphatic rings. The highest BCUT2D eigenvalue weighted by molar-refractivity contribution is 7.89. The first-order valence-corrected chi connectivity index (χ1v) is 10.7. The number of halogens is 1. The van der Waals surface area contributed by atoms with E-state index in [2.05, 4.69) is 6.92 Å². The van der Waals surface area contributed by atoms with Crippen LogP contribution < -0.4 is 4.90 Å². The zero-order valence-corrected chi connectivity index (χ0v) is 16.0. The van der Waals surface area contributed by atoms with Crippen LogP contribution in [0.1, 0.15) is 19.8 Å². The minimum Gasteiger partial charge on any atom is -0.335 e. The average molecular weight is 384 g/mol. The number of amides is 1. The van der Waals surface area contributed by atoms with Crippen molar-refractivity contribution in [2.24, 2.45) is 5.92 Å². The molecule has 1 aromatic rings. The number of piperazine rings is 1. The van der Waals surface area contributed by atoms with Crippen molar-refractivity contribution in [3.63, 3.8) is 0 Å². The topological polar surface area (TPSA) is 62.1 Å². The SMILES string of the molecule is C[C@@H]1CCC[NH+](CC(=O)N2CCN(S(=O)(=O)c3ccc(F)cc3)CC2)C1. The summed E-state index contributed by atoms with van der Waals surface area (Å²) in [5, 5.41) is 0. The fourth-order valence-electron chi connectivity index (χ4n) is 3.82. The summed E-state index contributed by atoms with van der Waals surface area (Å²) in [6, 6.07) is 4.86. The Bertz CT molecular complexity index is 731. The van der Waals surface area contributed by atoms with Crippen molar-refractivity contribution in [2.75, 3.05) is 45.8 Å². The summed E-state index contributed by atoms with van der Waals surface area (Å²) in [7, 11) is -3.64. The van der Waals surface area contributed by atoms with Crippen LogP contribution >= 0.6 is 0 Å². The summed E-state index contributed by atoms with van der Waals surface area (Å²) in [6.07, 6.45) is 2.39. The van der Waals surface area contributed by atoms with Crippen LogP contribution in [0, 0.1) is 11.7 Å². The molecule has 26 heavy (non-hydrogen) atoms. The minimum absolute atomic E-state index is 0.0884. The van der Waals surface area contributed by atoms with Gasteiger partial charge in [-0.3, -0.25) is 4.79 Å². The summed E-state index contributed by atoms with van der Waals surface area (Å²) in [4.78, 5) is 15.7. The maximum absolute atomic E-state index is 13.0. The fourth-order valence-corrected chi connectivity index (χ4v) is 5.24. The number of carbonyl (C=O) groups is 1. The third kappa shape index (κ3) is 4.42. The van der Waals surface area contributed by atoms with Crippen molar-refractivity contribution in [2.45, 2.75) is 24.7 Å². The Morgan fingerprint density at radius 1 is 1.19 bits per heavy atom. The Morgan fingerprint density at radius 3 is 2.46 bits per heavy atom. The summed E-state index contributed by atoms with van der Waals surface area (Å²) < 4.78 is 39.6. The zero-order chi connectivity index (χ0) is 18.7. The van der Waals surface area contributed by atoms with E-state index in [0.29, 0.717) is 25.6 Å². The highest BCUT2D eigenvalue weighted by Gasteiger charge is 2.31. The van der Waals surface area contributed by atoms with Gasteiger partial charge in [0.05, 0.1) is 18.0 Å². The van der Waals surface area contributed by atoms with Gasteiger partial charge < -0.3 is 9.80 Å². The second kappa shape index (κ2) is 8.02. The molecule has 1 amide bonds. The van der Waals surface area contributed by atoms with Gasteiger partial charge in [-0.05, 0) is 37.1 Å². The van der Waals surface area contributed by atoms with Gasteiger partial charge in [0.1, 0.15) is 5.82 Å². The van der Waals surface area contributed by atoms with Crippen molar-refractivity contribution >= 4 is 15.9 Å². The molecule has 3 rings (SSSR count). The molecule has 0 bridgehead atoms. The van der Waals surface area contributed by atoms with Gasteiger partial charge in [-0.1, -0.05) is 6.92 Å². The van der Waals surface area contributed by atoms with E-state index in [4.69, 9.17) is 0 Å². The molecule has 1 unspecified atom stereocenters. The van der Waals surface area contributed by atoms with E-state index >= 15 is 0 Å². The van der Waals surface area contributed by atoms with Crippen LogP contribution in [0.2, 0.25) is 0 Å². The first-order valence-electron chi connectivity index (χ1n) is 9.23. The molecular formula is C18H27FN3O3S+. The van der Waals surface area contributed by atoms with Gasteiger partial charge in [0.15, 0.2) is 6.54 Å². The molecule has 2 heterocycles. The fraction of sp³-hybridized carbons (Fsp3) is 0.611. The number of hydrogen-bond donors (Lipinski definition) is 1. The van der Waals surface area contributed by atoms with E-state index in [1.807, 2.05) is 0 Å². The second-order valence-corrected chi connectivity index (χ2v) is 9.31. The van der Waals surface area contributed by atoms with Gasteiger partial charge in [0, 0.05) is 32.1 Å². The summed E-state index contributed by atoms with van der Waals surface area (Å²) in [5.74, 6) is 0.297. The summed E-state index contributed by atoms with van der Waals surface area (Å²) in [6.45, 7) is 6.15. The van der Waals surface area contributed by atoms with Gasteiger partial charge in [-0.25, -0.2) is 12.8 Å². The van der Waals surface area contributed by atoms with Crippen LogP contribution in [0.3, 0.4) is 0 Å². The third-order valence-corrected chi connectivity index (χ3v) is 7.22. The van der Waals surface area contributed by atoms with Gasteiger partial charge in [0.2, 0.25) is 10.0 Å². The number of nitrogens with one attached hydrogen (secondary N) is 1. The number of piperidine rings is 1. The van der Waals surface area contributed by atoms with E-state index < -0.39 is 15.8 Å². The standard InChI is InChI=1S/C18H26FN3O3S/c1-15-3-2-8-20(13-15)14-18(23)21-9-11-22(12-10-21)26(24,25)17-6-4-16(19)5-7-17/h4-7,15H,2-3,8-14H2,1H3/p+1/t15-/m1/s1. The lowest BCUT2D eigenvalue weighted by Gasteiger charge is -2.35. The van der Waals surface area contributed by atoms with E-state index in [1.54, 1.807) is 4.90 Å². The molecule has 2 atom stereocenters. The Kier molecular flexibility index (Phi) is 5.94. The van der Waals surface area contributed by atoms with Crippen LogP contribution in [0.15, 0.2) is 29.2 Å². The Morgan fingerprint density at radius 2 is 1.85 bits per heavy atom. The molecule has 0 aromatic heterocycles. The maximum atomic E-state index is 13.0. The largest absolute Gasteiger partial charge is 0.335 e. The van der Waals surface area contributed by atoms with Crippen molar-refractivity contribution in [1.29, 1.82) is 0 Å². The number of likely N-dealkylation sites (tertiary alicyclic amines) is 1. The molecule has 0 saturated carbocycles. The third-order valence-electron chi connectivity index (χ3n) is 5.31. The quantitative estimate of drug-likeness (QED) is 0.793. The lowest BCUT2D eigenvalue weighted by molar-refractivity contribution is -0.900. The molecule has 2 fully saturated rings. The lowest BCUT2D eigenvalue weighted by atomic mass is 10.0. The first kappa shape index (κ1) is 19.3. The predicted octanol–water partition coefficient (Wildman–Crippen LogP) is -0.0266. The van der Waals surface area contributed by atoms with Crippen LogP contribution in [0.4, 0.5) is 4.39 Å². The van der Waals surface area contributed by atoms with E-state index in [0.717, 1.165) is 31.6 Å². The molecule has 0 radical (unpaired) electrons. The molecule has 6 nitrogen and oxygen atoms in total. The van der Waals surface area contributed by atoms with Crippen molar-refractivity contribution in [3.05, 3.63) is 30.1 Å². The lowest BCUT2D eigenvalue weighted by Crippen LogP contribution is -3.14. The average Bonchev–Trinajstić information content (AvgIpc) is 2.62. The zero-order valence-electron chi connectivity index (χ0n) is 15.2. The number of hydrogen-bond acceptors (Lipinski definition) is 3. The second-order valence-electron chi connectivity index (χ2n) is 7.37. The number of benzene rings is 1. The first-order chi connectivity index (χ1) is 12.4. The number of rotatable bonds is 4. The monoisotopic (exact) mass is 384 g/mol. The van der Waals surface area contributed by atoms with Crippen LogP contribution in [-0.4, -0.2) is 69.3 Å². The molecule has 0 spiro atoms. The summed E-state index contributed by atoms with van der Waals surface area (Å²) >= 11 is 0. The maximum Gasteiger partial charge on any atom is 0.277 e. The van der Waals surface area contributed by atoms with Crippen LogP contribution in [-0.2, 0) is 14.8 Å². The molecule has 0 aliphatic carbocycles. The molecule has 2 aliphatic heterocycles. The van der Waals surface area contributed by atoms with Gasteiger partial charge >= 0.3 is 0 Å². The highest BCUT2D eigenvalue weighted by atomic mass is 32.2. The molecule has 1 aromatic carbocycles. The molecular weight excluding hydrogens is 357 g/mol. The highest BCUT2D eigenvalue weighted by Crippen LogP contribution is 2.18. The van der Waals surface area contributed by atoms with Gasteiger partial charge in [0.25, 0.3) is 5.91 Å². The normalized spacial score (nSPS) is 25.2. The van der Waals surface area contributed by atoms with Crippen molar-refractivity contribution < 1.29 is 22.5 Å². The van der Waals surface area contributed by atoms with Crippen LogP contribution in [0.25, 0.3) is 0 Å². The molecule has 8 heteroatoms. The number of carbonyl (C=O) groups excluding carboxylic acids is 1. The van der Waals surface area contributed by atoms with Gasteiger partial charge in [-0.2, -0.15) is 4.31 Å². The molecule has 1 N–H and O–H groups in total. The number of nitrogens with zero attached hydrogens (tertiary/aromatic N) is 2. The predicted molar refractivity (Wildman–Crippen MR) is 95.7 cm³/mol. The smallest absolute Gasteiger partial charge is 0.277 e. The van der Waals surface area contributed by atoms with Gasteiger partial charge in [-0.15, -0.1) is 0 Å². The molecule has 2 saturated heterocycles. The summed E-state index contributed by atoms with van der Waals surface area (Å²) in [5.41, 5.74) is 0. The Balaban J connectivity index is 1.55. The van der Waals surface area contributed by atoms with Crippen LogP contribution in [0.5, 0.6) is 0 Å². The Labute approximate surface area is 154 Å². The number of quaternary nitrogens is 1. The Hall–Kier alpha value is -1.51. The van der Waals surface area contributed by atoms with E-state index in [-0.39, 0.29) is 23.9 Å². The van der Waals surface area contributed by atoms with E-state index in [1.165, 1.54) is 27.8 Å².